The molecule has 0 aliphatic carbocycles. The number of carbonyl (C=O) groups is 2. The second-order valence-electron chi connectivity index (χ2n) is 6.88. The quantitative estimate of drug-likeness (QED) is 0.745. The first-order valence-electron chi connectivity index (χ1n) is 9.48. The number of likely N-dealkylation sites (tertiary alicyclic amines) is 1. The fourth-order valence-electron chi connectivity index (χ4n) is 3.43. The number of nitrogens with zero attached hydrogens (tertiary/aromatic N) is 3. The molecule has 3 aromatic rings. The average molecular weight is 374 g/mol. The van der Waals surface area contributed by atoms with E-state index in [9.17, 15) is 9.59 Å². The monoisotopic (exact) mass is 374 g/mol. The Labute approximate surface area is 163 Å². The molecule has 6 nitrogen and oxygen atoms in total. The van der Waals surface area contributed by atoms with Gasteiger partial charge in [0.05, 0.1) is 17.7 Å². The van der Waals surface area contributed by atoms with Crippen LogP contribution in [0.4, 0.5) is 5.69 Å². The summed E-state index contributed by atoms with van der Waals surface area (Å²) < 4.78 is 1.67. The predicted octanol–water partition coefficient (Wildman–Crippen LogP) is 3.29. The highest BCUT2D eigenvalue weighted by Crippen LogP contribution is 2.17. The molecule has 4 rings (SSSR count). The zero-order valence-electron chi connectivity index (χ0n) is 15.5. The molecule has 28 heavy (non-hydrogen) atoms. The molecule has 2 aromatic carbocycles. The van der Waals surface area contributed by atoms with Crippen LogP contribution in [0.3, 0.4) is 0 Å². The third-order valence-corrected chi connectivity index (χ3v) is 4.93. The maximum Gasteiger partial charge on any atom is 0.257 e. The maximum absolute atomic E-state index is 12.8. The number of rotatable bonds is 5. The summed E-state index contributed by atoms with van der Waals surface area (Å²) in [6, 6.07) is 16.6. The van der Waals surface area contributed by atoms with E-state index in [4.69, 9.17) is 0 Å². The van der Waals surface area contributed by atoms with Crippen molar-refractivity contribution in [2.24, 2.45) is 0 Å². The molecule has 2 heterocycles. The molecule has 142 valence electrons. The molecule has 1 aliphatic heterocycles. The lowest BCUT2D eigenvalue weighted by Crippen LogP contribution is -2.29. The van der Waals surface area contributed by atoms with Crippen molar-refractivity contribution in [2.75, 3.05) is 18.4 Å². The zero-order valence-corrected chi connectivity index (χ0v) is 15.5. The predicted molar refractivity (Wildman–Crippen MR) is 107 cm³/mol. The van der Waals surface area contributed by atoms with E-state index in [0.717, 1.165) is 37.2 Å². The first-order chi connectivity index (χ1) is 13.7. The maximum atomic E-state index is 12.8. The highest BCUT2D eigenvalue weighted by atomic mass is 16.2. The second-order valence-corrected chi connectivity index (χ2v) is 6.88. The Balaban J connectivity index is 1.43. The number of benzene rings is 2. The molecule has 0 saturated carbocycles. The Morgan fingerprint density at radius 3 is 2.43 bits per heavy atom. The Kier molecular flexibility index (Phi) is 5.19. The number of carbonyl (C=O) groups excluding carboxylic acids is 2. The van der Waals surface area contributed by atoms with Crippen molar-refractivity contribution in [3.05, 3.63) is 78.1 Å². The Bertz CT molecular complexity index is 958. The minimum atomic E-state index is -0.202. The molecule has 2 amide bonds. The molecule has 6 heteroatoms. The van der Waals surface area contributed by atoms with E-state index in [1.54, 1.807) is 23.1 Å². The van der Waals surface area contributed by atoms with Crippen LogP contribution >= 0.6 is 0 Å². The molecule has 1 N–H and O–H groups in total. The summed E-state index contributed by atoms with van der Waals surface area (Å²) >= 11 is 0. The summed E-state index contributed by atoms with van der Waals surface area (Å²) in [5, 5.41) is 7.13. The van der Waals surface area contributed by atoms with Crippen molar-refractivity contribution in [1.29, 1.82) is 0 Å². The SMILES string of the molecule is O=C(Nc1ccc(CC(=O)N2CCCC2)cc1)c1ccccc1-n1cccn1. The van der Waals surface area contributed by atoms with Gasteiger partial charge in [-0.1, -0.05) is 24.3 Å². The molecule has 1 aromatic heterocycles. The third-order valence-electron chi connectivity index (χ3n) is 4.93. The summed E-state index contributed by atoms with van der Waals surface area (Å²) in [6.07, 6.45) is 6.07. The van der Waals surface area contributed by atoms with Crippen LogP contribution in [-0.4, -0.2) is 39.6 Å². The Morgan fingerprint density at radius 1 is 0.964 bits per heavy atom. The minimum Gasteiger partial charge on any atom is -0.342 e. The van der Waals surface area contributed by atoms with Crippen LogP contribution < -0.4 is 5.32 Å². The van der Waals surface area contributed by atoms with Gasteiger partial charge in [-0.15, -0.1) is 0 Å². The molecule has 0 atom stereocenters. The van der Waals surface area contributed by atoms with Crippen molar-refractivity contribution >= 4 is 17.5 Å². The lowest BCUT2D eigenvalue weighted by molar-refractivity contribution is -0.129. The Hall–Kier alpha value is -3.41. The smallest absolute Gasteiger partial charge is 0.257 e. The lowest BCUT2D eigenvalue weighted by Gasteiger charge is -2.15. The molecular formula is C22H22N4O2. The number of nitrogens with one attached hydrogen (secondary N) is 1. The van der Waals surface area contributed by atoms with Gasteiger partial charge in [-0.2, -0.15) is 5.10 Å². The van der Waals surface area contributed by atoms with Gasteiger partial charge in [0.25, 0.3) is 5.91 Å². The normalized spacial score (nSPS) is 13.5. The molecule has 0 spiro atoms. The van der Waals surface area contributed by atoms with Gasteiger partial charge in [-0.05, 0) is 48.7 Å². The van der Waals surface area contributed by atoms with Crippen molar-refractivity contribution in [3.8, 4) is 5.69 Å². The zero-order chi connectivity index (χ0) is 19.3. The van der Waals surface area contributed by atoms with Crippen molar-refractivity contribution < 1.29 is 9.59 Å². The third kappa shape index (κ3) is 3.96. The van der Waals surface area contributed by atoms with Crippen LogP contribution in [0.1, 0.15) is 28.8 Å². The van der Waals surface area contributed by atoms with E-state index < -0.39 is 0 Å². The fourth-order valence-corrected chi connectivity index (χ4v) is 3.43. The van der Waals surface area contributed by atoms with E-state index in [-0.39, 0.29) is 11.8 Å². The van der Waals surface area contributed by atoms with Crippen LogP contribution in [0, 0.1) is 0 Å². The molecule has 1 saturated heterocycles. The molecule has 0 unspecified atom stereocenters. The molecule has 1 fully saturated rings. The van der Waals surface area contributed by atoms with E-state index in [0.29, 0.717) is 17.7 Å². The van der Waals surface area contributed by atoms with Crippen LogP contribution in [0.2, 0.25) is 0 Å². The summed E-state index contributed by atoms with van der Waals surface area (Å²) in [6.45, 7) is 1.73. The molecule has 1 aliphatic rings. The van der Waals surface area contributed by atoms with Crippen LogP contribution in [0.15, 0.2) is 67.0 Å². The van der Waals surface area contributed by atoms with Crippen molar-refractivity contribution in [3.63, 3.8) is 0 Å². The van der Waals surface area contributed by atoms with Gasteiger partial charge in [0.2, 0.25) is 5.91 Å². The van der Waals surface area contributed by atoms with E-state index in [1.807, 2.05) is 53.4 Å². The summed E-state index contributed by atoms with van der Waals surface area (Å²) in [5.74, 6) is -0.0329. The Morgan fingerprint density at radius 2 is 1.71 bits per heavy atom. The topological polar surface area (TPSA) is 67.2 Å². The minimum absolute atomic E-state index is 0.169. The lowest BCUT2D eigenvalue weighted by atomic mass is 10.1. The summed E-state index contributed by atoms with van der Waals surface area (Å²) in [7, 11) is 0. The van der Waals surface area contributed by atoms with Gasteiger partial charge in [0.15, 0.2) is 0 Å². The number of anilines is 1. The van der Waals surface area contributed by atoms with Crippen LogP contribution in [0.5, 0.6) is 0 Å². The van der Waals surface area contributed by atoms with E-state index >= 15 is 0 Å². The largest absolute Gasteiger partial charge is 0.342 e. The van der Waals surface area contributed by atoms with Crippen molar-refractivity contribution in [2.45, 2.75) is 19.3 Å². The number of amides is 2. The van der Waals surface area contributed by atoms with Crippen LogP contribution in [0.25, 0.3) is 5.69 Å². The van der Waals surface area contributed by atoms with Gasteiger partial charge in [-0.25, -0.2) is 4.68 Å². The number of para-hydroxylation sites is 1. The second kappa shape index (κ2) is 8.08. The standard InChI is InChI=1S/C22H22N4O2/c27-21(25-13-3-4-14-25)16-17-8-10-18(11-9-17)24-22(28)19-6-1-2-7-20(19)26-15-5-12-23-26/h1-2,5-12,15H,3-4,13-14,16H2,(H,24,28). The van der Waals surface area contributed by atoms with Gasteiger partial charge in [0, 0.05) is 31.2 Å². The first-order valence-corrected chi connectivity index (χ1v) is 9.48. The highest BCUT2D eigenvalue weighted by Gasteiger charge is 2.18. The number of hydrogen-bond acceptors (Lipinski definition) is 3. The fraction of sp³-hybridized carbons (Fsp3) is 0.227. The number of hydrogen-bond donors (Lipinski definition) is 1. The van der Waals surface area contributed by atoms with Crippen molar-refractivity contribution in [1.82, 2.24) is 14.7 Å². The van der Waals surface area contributed by atoms with E-state index in [1.165, 1.54) is 0 Å². The van der Waals surface area contributed by atoms with E-state index in [2.05, 4.69) is 10.4 Å². The number of aromatic nitrogens is 2. The molecule has 0 radical (unpaired) electrons. The summed E-state index contributed by atoms with van der Waals surface area (Å²) in [5.41, 5.74) is 2.90. The molecular weight excluding hydrogens is 352 g/mol. The van der Waals surface area contributed by atoms with Gasteiger partial charge < -0.3 is 10.2 Å². The molecule has 0 bridgehead atoms. The van der Waals surface area contributed by atoms with Gasteiger partial charge in [0.1, 0.15) is 0 Å². The summed E-state index contributed by atoms with van der Waals surface area (Å²) in [4.78, 5) is 26.9. The van der Waals surface area contributed by atoms with Gasteiger partial charge >= 0.3 is 0 Å². The van der Waals surface area contributed by atoms with Crippen LogP contribution in [-0.2, 0) is 11.2 Å². The van der Waals surface area contributed by atoms with Gasteiger partial charge in [-0.3, -0.25) is 9.59 Å². The highest BCUT2D eigenvalue weighted by molar-refractivity contribution is 6.06. The first kappa shape index (κ1) is 18.0. The average Bonchev–Trinajstić information content (AvgIpc) is 3.43.